The van der Waals surface area contributed by atoms with Crippen molar-refractivity contribution >= 4 is 17.0 Å². The highest BCUT2D eigenvalue weighted by atomic mass is 19.4. The molecule has 25 heavy (non-hydrogen) atoms. The molecule has 0 amide bonds. The minimum absolute atomic E-state index is 0.0484. The van der Waals surface area contributed by atoms with Crippen molar-refractivity contribution in [2.75, 3.05) is 0 Å². The number of hydrogen-bond donors (Lipinski definition) is 0. The van der Waals surface area contributed by atoms with E-state index in [1.807, 2.05) is 0 Å². The Kier molecular flexibility index (Phi) is 4.43. The van der Waals surface area contributed by atoms with Crippen LogP contribution in [-0.2, 0) is 22.7 Å². The molecule has 130 valence electrons. The maximum absolute atomic E-state index is 12.7. The summed E-state index contributed by atoms with van der Waals surface area (Å²) in [4.78, 5) is 19.3. The average molecular weight is 349 g/mol. The van der Waals surface area contributed by atoms with Gasteiger partial charge in [0.05, 0.1) is 17.4 Å². The molecule has 5 nitrogen and oxygen atoms in total. The number of alkyl halides is 3. The third kappa shape index (κ3) is 3.78. The highest BCUT2D eigenvalue weighted by molar-refractivity contribution is 5.92. The van der Waals surface area contributed by atoms with Gasteiger partial charge >= 0.3 is 12.1 Å². The van der Waals surface area contributed by atoms with Gasteiger partial charge in [0.1, 0.15) is 13.2 Å². The van der Waals surface area contributed by atoms with Crippen molar-refractivity contribution in [3.63, 3.8) is 0 Å². The van der Waals surface area contributed by atoms with E-state index in [4.69, 9.17) is 4.74 Å². The summed E-state index contributed by atoms with van der Waals surface area (Å²) < 4.78 is 44.2. The van der Waals surface area contributed by atoms with E-state index in [1.54, 1.807) is 36.7 Å². The van der Waals surface area contributed by atoms with Gasteiger partial charge in [-0.05, 0) is 12.1 Å². The first-order valence-electron chi connectivity index (χ1n) is 7.42. The fourth-order valence-electron chi connectivity index (χ4n) is 2.60. The number of para-hydroxylation sites is 1. The fraction of sp³-hybridized carbons (Fsp3) is 0.235. The third-order valence-electron chi connectivity index (χ3n) is 3.63. The van der Waals surface area contributed by atoms with Gasteiger partial charge in [-0.15, -0.1) is 0 Å². The van der Waals surface area contributed by atoms with E-state index in [0.717, 1.165) is 4.57 Å². The molecular weight excluding hydrogens is 335 g/mol. The van der Waals surface area contributed by atoms with Crippen molar-refractivity contribution in [1.29, 1.82) is 0 Å². The summed E-state index contributed by atoms with van der Waals surface area (Å²) in [6, 6.07) is 6.69. The molecule has 0 saturated carbocycles. The van der Waals surface area contributed by atoms with E-state index < -0.39 is 18.7 Å². The summed E-state index contributed by atoms with van der Waals surface area (Å²) in [7, 11) is 0. The number of nitrogens with zero attached hydrogens (tertiary/aromatic N) is 3. The Bertz CT molecular complexity index is 919. The zero-order valence-corrected chi connectivity index (χ0v) is 13.2. The predicted octanol–water partition coefficient (Wildman–Crippen LogP) is 3.72. The number of rotatable bonds is 4. The fourth-order valence-corrected chi connectivity index (χ4v) is 2.60. The molecule has 1 aromatic carbocycles. The van der Waals surface area contributed by atoms with Crippen LogP contribution in [0.25, 0.3) is 22.2 Å². The first-order chi connectivity index (χ1) is 11.8. The standard InChI is InChI=1S/C17H14F3N3O2/c1-11(24)25-8-12-5-6-21-7-14(12)13-3-2-4-15-16(13)22-10-23(15)9-17(18,19)20/h2-7,10H,8-9H2,1H3. The van der Waals surface area contributed by atoms with E-state index in [1.165, 1.54) is 13.3 Å². The molecule has 0 atom stereocenters. The second kappa shape index (κ2) is 6.54. The summed E-state index contributed by atoms with van der Waals surface area (Å²) in [6.45, 7) is 0.244. The summed E-state index contributed by atoms with van der Waals surface area (Å²) >= 11 is 0. The number of carbonyl (C=O) groups excluding carboxylic acids is 1. The van der Waals surface area contributed by atoms with Crippen molar-refractivity contribution < 1.29 is 22.7 Å². The first-order valence-corrected chi connectivity index (χ1v) is 7.42. The predicted molar refractivity (Wildman–Crippen MR) is 84.5 cm³/mol. The van der Waals surface area contributed by atoms with Gasteiger partial charge in [0.25, 0.3) is 0 Å². The minimum atomic E-state index is -4.33. The number of aromatic nitrogens is 3. The Balaban J connectivity index is 2.07. The number of fused-ring (bicyclic) bond motifs is 1. The zero-order chi connectivity index (χ0) is 18.0. The van der Waals surface area contributed by atoms with Crippen LogP contribution < -0.4 is 0 Å². The van der Waals surface area contributed by atoms with Crippen LogP contribution in [0.4, 0.5) is 13.2 Å². The second-order valence-electron chi connectivity index (χ2n) is 5.47. The molecule has 2 heterocycles. The molecule has 3 aromatic rings. The molecule has 0 aliphatic carbocycles. The number of benzene rings is 1. The molecule has 2 aromatic heterocycles. The Morgan fingerprint density at radius 2 is 2.04 bits per heavy atom. The van der Waals surface area contributed by atoms with Gasteiger partial charge in [-0.2, -0.15) is 13.2 Å². The molecule has 0 aliphatic rings. The van der Waals surface area contributed by atoms with Crippen molar-refractivity contribution in [3.05, 3.63) is 48.5 Å². The van der Waals surface area contributed by atoms with E-state index >= 15 is 0 Å². The topological polar surface area (TPSA) is 57.0 Å². The molecule has 0 saturated heterocycles. The number of imidazole rings is 1. The number of esters is 1. The van der Waals surface area contributed by atoms with Gasteiger partial charge in [0.2, 0.25) is 0 Å². The average Bonchev–Trinajstić information content (AvgIpc) is 2.94. The van der Waals surface area contributed by atoms with E-state index in [-0.39, 0.29) is 6.61 Å². The lowest BCUT2D eigenvalue weighted by molar-refractivity contribution is -0.142. The van der Waals surface area contributed by atoms with Gasteiger partial charge < -0.3 is 9.30 Å². The first kappa shape index (κ1) is 16.9. The summed E-state index contributed by atoms with van der Waals surface area (Å²) in [5, 5.41) is 0. The summed E-state index contributed by atoms with van der Waals surface area (Å²) in [5.74, 6) is -0.421. The molecule has 0 N–H and O–H groups in total. The number of hydrogen-bond acceptors (Lipinski definition) is 4. The van der Waals surface area contributed by atoms with Gasteiger partial charge in [-0.3, -0.25) is 9.78 Å². The van der Waals surface area contributed by atoms with Gasteiger partial charge in [0, 0.05) is 36.0 Å². The Labute approximate surface area is 141 Å². The van der Waals surface area contributed by atoms with Crippen LogP contribution in [0.1, 0.15) is 12.5 Å². The SMILES string of the molecule is CC(=O)OCc1ccncc1-c1cccc2c1ncn2CC(F)(F)F. The molecule has 0 aliphatic heterocycles. The maximum atomic E-state index is 12.7. The number of pyridine rings is 1. The highest BCUT2D eigenvalue weighted by Crippen LogP contribution is 2.31. The molecular formula is C17H14F3N3O2. The van der Waals surface area contributed by atoms with E-state index in [0.29, 0.717) is 27.7 Å². The van der Waals surface area contributed by atoms with Crippen LogP contribution in [0.3, 0.4) is 0 Å². The normalized spacial score (nSPS) is 11.7. The Morgan fingerprint density at radius 1 is 1.24 bits per heavy atom. The lowest BCUT2D eigenvalue weighted by atomic mass is 10.0. The van der Waals surface area contributed by atoms with Gasteiger partial charge in [0.15, 0.2) is 0 Å². The van der Waals surface area contributed by atoms with Crippen molar-refractivity contribution in [1.82, 2.24) is 14.5 Å². The van der Waals surface area contributed by atoms with Crippen molar-refractivity contribution in [2.24, 2.45) is 0 Å². The smallest absolute Gasteiger partial charge is 0.406 e. The number of halogens is 3. The summed E-state index contributed by atoms with van der Waals surface area (Å²) in [6.07, 6.45) is -0.0245. The molecule has 3 rings (SSSR count). The van der Waals surface area contributed by atoms with Crippen LogP contribution in [0.15, 0.2) is 43.0 Å². The lowest BCUT2D eigenvalue weighted by Gasteiger charge is -2.11. The lowest BCUT2D eigenvalue weighted by Crippen LogP contribution is -2.16. The number of ether oxygens (including phenoxy) is 1. The van der Waals surface area contributed by atoms with Gasteiger partial charge in [-0.1, -0.05) is 12.1 Å². The third-order valence-corrected chi connectivity index (χ3v) is 3.63. The van der Waals surface area contributed by atoms with Gasteiger partial charge in [-0.25, -0.2) is 4.98 Å². The molecule has 0 radical (unpaired) electrons. The molecule has 0 spiro atoms. The van der Waals surface area contributed by atoms with Crippen LogP contribution in [0.5, 0.6) is 0 Å². The Morgan fingerprint density at radius 3 is 2.76 bits per heavy atom. The monoisotopic (exact) mass is 349 g/mol. The zero-order valence-electron chi connectivity index (χ0n) is 13.2. The van der Waals surface area contributed by atoms with E-state index in [2.05, 4.69) is 9.97 Å². The van der Waals surface area contributed by atoms with Crippen molar-refractivity contribution in [3.8, 4) is 11.1 Å². The number of carbonyl (C=O) groups is 1. The highest BCUT2D eigenvalue weighted by Gasteiger charge is 2.28. The molecule has 0 unspecified atom stereocenters. The van der Waals surface area contributed by atoms with Crippen molar-refractivity contribution in [2.45, 2.75) is 26.3 Å². The van der Waals surface area contributed by atoms with Crippen LogP contribution >= 0.6 is 0 Å². The van der Waals surface area contributed by atoms with E-state index in [9.17, 15) is 18.0 Å². The molecule has 0 bridgehead atoms. The minimum Gasteiger partial charge on any atom is -0.461 e. The quantitative estimate of drug-likeness (QED) is 0.674. The maximum Gasteiger partial charge on any atom is 0.406 e. The summed E-state index contributed by atoms with van der Waals surface area (Å²) in [5.41, 5.74) is 2.80. The Hall–Kier alpha value is -2.90. The second-order valence-corrected chi connectivity index (χ2v) is 5.47. The molecule has 8 heteroatoms. The van der Waals surface area contributed by atoms with Crippen LogP contribution in [0.2, 0.25) is 0 Å². The van der Waals surface area contributed by atoms with Crippen LogP contribution in [0, 0.1) is 0 Å². The molecule has 0 fully saturated rings. The van der Waals surface area contributed by atoms with Crippen LogP contribution in [-0.4, -0.2) is 26.7 Å². The largest absolute Gasteiger partial charge is 0.461 e.